The quantitative estimate of drug-likeness (QED) is 0.757. The predicted molar refractivity (Wildman–Crippen MR) is 124 cm³/mol. The van der Waals surface area contributed by atoms with Crippen molar-refractivity contribution in [2.45, 2.75) is 50.6 Å². The minimum atomic E-state index is -0.353. The molecule has 4 rings (SSSR count). The molecule has 2 aliphatic heterocycles. The summed E-state index contributed by atoms with van der Waals surface area (Å²) in [4.78, 5) is 30.5. The summed E-state index contributed by atoms with van der Waals surface area (Å²) in [5, 5.41) is 0. The number of carbonyl (C=O) groups excluding carboxylic acids is 2. The summed E-state index contributed by atoms with van der Waals surface area (Å²) in [6.45, 7) is 2.47. The lowest BCUT2D eigenvalue weighted by Gasteiger charge is -2.52. The summed E-state index contributed by atoms with van der Waals surface area (Å²) < 4.78 is 5.24. The number of hydrogen-bond donors (Lipinski definition) is 1. The van der Waals surface area contributed by atoms with Crippen LogP contribution in [-0.2, 0) is 29.0 Å². The van der Waals surface area contributed by atoms with Gasteiger partial charge in [-0.15, -0.1) is 0 Å². The highest BCUT2D eigenvalue weighted by Crippen LogP contribution is 2.38. The van der Waals surface area contributed by atoms with Crippen LogP contribution in [0, 0.1) is 0 Å². The fourth-order valence-corrected chi connectivity index (χ4v) is 5.14. The molecule has 2 aromatic rings. The van der Waals surface area contributed by atoms with Gasteiger partial charge in [0.25, 0.3) is 0 Å². The van der Waals surface area contributed by atoms with E-state index in [4.69, 9.17) is 10.5 Å². The summed E-state index contributed by atoms with van der Waals surface area (Å²) in [6, 6.07) is 16.1. The first-order valence-electron chi connectivity index (χ1n) is 11.5. The molecule has 1 spiro atoms. The molecule has 2 aliphatic rings. The van der Waals surface area contributed by atoms with Crippen LogP contribution < -0.4 is 10.5 Å². The number of nitrogens with zero attached hydrogens (tertiary/aromatic N) is 2. The van der Waals surface area contributed by atoms with Crippen molar-refractivity contribution in [2.75, 3.05) is 26.7 Å². The number of piperidine rings is 1. The summed E-state index contributed by atoms with van der Waals surface area (Å²) in [5.41, 5.74) is 8.72. The molecule has 0 bridgehead atoms. The van der Waals surface area contributed by atoms with Gasteiger partial charge < -0.3 is 20.3 Å². The Hall–Kier alpha value is -2.86. The summed E-state index contributed by atoms with van der Waals surface area (Å²) in [5.74, 6) is 1.04. The van der Waals surface area contributed by atoms with Crippen molar-refractivity contribution < 1.29 is 14.3 Å². The number of likely N-dealkylation sites (tertiary alicyclic amines) is 1. The van der Waals surface area contributed by atoms with E-state index in [2.05, 4.69) is 23.1 Å². The first-order chi connectivity index (χ1) is 15.5. The molecule has 0 saturated carbocycles. The van der Waals surface area contributed by atoms with Gasteiger partial charge in [-0.3, -0.25) is 9.59 Å². The lowest BCUT2D eigenvalue weighted by Crippen LogP contribution is -2.64. The van der Waals surface area contributed by atoms with Gasteiger partial charge in [-0.25, -0.2) is 0 Å². The second-order valence-corrected chi connectivity index (χ2v) is 8.99. The molecule has 6 nitrogen and oxygen atoms in total. The number of benzene rings is 2. The number of ether oxygens (including phenoxy) is 1. The molecule has 0 aliphatic carbocycles. The Balaban J connectivity index is 1.60. The van der Waals surface area contributed by atoms with E-state index in [1.165, 1.54) is 11.1 Å². The van der Waals surface area contributed by atoms with E-state index in [0.29, 0.717) is 38.9 Å². The van der Waals surface area contributed by atoms with Gasteiger partial charge in [-0.2, -0.15) is 0 Å². The highest BCUT2D eigenvalue weighted by molar-refractivity contribution is 5.81. The third kappa shape index (κ3) is 4.65. The van der Waals surface area contributed by atoms with Crippen LogP contribution in [0.1, 0.15) is 42.4 Å². The van der Waals surface area contributed by atoms with Gasteiger partial charge in [0.15, 0.2) is 0 Å². The van der Waals surface area contributed by atoms with Gasteiger partial charge in [0, 0.05) is 26.1 Å². The largest absolute Gasteiger partial charge is 0.497 e. The zero-order valence-electron chi connectivity index (χ0n) is 18.9. The third-order valence-electron chi connectivity index (χ3n) is 6.86. The van der Waals surface area contributed by atoms with Crippen molar-refractivity contribution in [3.8, 4) is 5.75 Å². The number of rotatable bonds is 6. The van der Waals surface area contributed by atoms with Crippen molar-refractivity contribution in [3.63, 3.8) is 0 Å². The monoisotopic (exact) mass is 435 g/mol. The van der Waals surface area contributed by atoms with Crippen LogP contribution >= 0.6 is 0 Å². The van der Waals surface area contributed by atoms with Crippen molar-refractivity contribution in [3.05, 3.63) is 65.2 Å². The molecule has 0 radical (unpaired) electrons. The molecule has 2 heterocycles. The first kappa shape index (κ1) is 22.3. The van der Waals surface area contributed by atoms with Crippen molar-refractivity contribution >= 4 is 11.8 Å². The molecule has 6 heteroatoms. The van der Waals surface area contributed by atoms with E-state index >= 15 is 0 Å². The summed E-state index contributed by atoms with van der Waals surface area (Å²) >= 11 is 0. The van der Waals surface area contributed by atoms with Crippen LogP contribution in [-0.4, -0.2) is 53.9 Å². The average molecular weight is 436 g/mol. The Labute approximate surface area is 190 Å². The summed E-state index contributed by atoms with van der Waals surface area (Å²) in [7, 11) is 1.64. The van der Waals surface area contributed by atoms with Crippen molar-refractivity contribution in [1.29, 1.82) is 0 Å². The second kappa shape index (κ2) is 9.74. The topological polar surface area (TPSA) is 75.9 Å². The number of nitrogens with two attached hydrogens (primary N) is 1. The van der Waals surface area contributed by atoms with Crippen molar-refractivity contribution in [2.24, 2.45) is 5.73 Å². The Morgan fingerprint density at radius 1 is 1.06 bits per heavy atom. The fraction of sp³-hybridized carbons (Fsp3) is 0.462. The molecular weight excluding hydrogens is 402 g/mol. The number of carbonyl (C=O) groups is 2. The van der Waals surface area contributed by atoms with E-state index < -0.39 is 0 Å². The molecular formula is C26H33N3O3. The molecule has 170 valence electrons. The molecule has 1 saturated heterocycles. The van der Waals surface area contributed by atoms with E-state index in [9.17, 15) is 9.59 Å². The fourth-order valence-electron chi connectivity index (χ4n) is 5.14. The van der Waals surface area contributed by atoms with Gasteiger partial charge in [0.2, 0.25) is 11.8 Å². The highest BCUT2D eigenvalue weighted by atomic mass is 16.5. The minimum absolute atomic E-state index is 0.112. The maximum Gasteiger partial charge on any atom is 0.227 e. The molecule has 32 heavy (non-hydrogen) atoms. The standard InChI is InChI=1S/C26H33N3O3/c1-32-23-11-9-20(10-12-23)16-25(31)29-18-22-7-3-2-6-21(22)17-26(29)13-5-15-28(19-26)24(30)8-4-14-27/h2-3,6-7,9-12H,4-5,8,13-19,27H2,1H3. The van der Waals surface area contributed by atoms with E-state index in [0.717, 1.165) is 37.1 Å². The number of methoxy groups -OCH3 is 1. The molecule has 2 N–H and O–H groups in total. The Morgan fingerprint density at radius 2 is 1.81 bits per heavy atom. The van der Waals surface area contributed by atoms with Crippen LogP contribution in [0.3, 0.4) is 0 Å². The molecule has 1 fully saturated rings. The maximum atomic E-state index is 13.6. The molecule has 2 aromatic carbocycles. The molecule has 0 aromatic heterocycles. The number of hydrogen-bond acceptors (Lipinski definition) is 4. The van der Waals surface area contributed by atoms with Crippen LogP contribution in [0.2, 0.25) is 0 Å². The average Bonchev–Trinajstić information content (AvgIpc) is 2.82. The van der Waals surface area contributed by atoms with Gasteiger partial charge >= 0.3 is 0 Å². The van der Waals surface area contributed by atoms with Gasteiger partial charge in [-0.05, 0) is 61.1 Å². The van der Waals surface area contributed by atoms with Gasteiger partial charge in [0.1, 0.15) is 5.75 Å². The predicted octanol–water partition coefficient (Wildman–Crippen LogP) is 2.92. The normalized spacial score (nSPS) is 20.2. The first-order valence-corrected chi connectivity index (χ1v) is 11.5. The summed E-state index contributed by atoms with van der Waals surface area (Å²) in [6.07, 6.45) is 4.13. The van der Waals surface area contributed by atoms with Crippen LogP contribution in [0.15, 0.2) is 48.5 Å². The smallest absolute Gasteiger partial charge is 0.227 e. The molecule has 1 unspecified atom stereocenters. The lowest BCUT2D eigenvalue weighted by molar-refractivity contribution is -0.147. The second-order valence-electron chi connectivity index (χ2n) is 8.99. The zero-order chi connectivity index (χ0) is 22.6. The highest BCUT2D eigenvalue weighted by Gasteiger charge is 2.46. The Kier molecular flexibility index (Phi) is 6.80. The number of amides is 2. The minimum Gasteiger partial charge on any atom is -0.497 e. The maximum absolute atomic E-state index is 13.6. The van der Waals surface area contributed by atoms with Crippen LogP contribution in [0.25, 0.3) is 0 Å². The van der Waals surface area contributed by atoms with Gasteiger partial charge in [-0.1, -0.05) is 36.4 Å². The molecule has 2 amide bonds. The lowest BCUT2D eigenvalue weighted by atomic mass is 9.77. The zero-order valence-corrected chi connectivity index (χ0v) is 18.9. The van der Waals surface area contributed by atoms with E-state index in [1.54, 1.807) is 7.11 Å². The Bertz CT molecular complexity index is 959. The van der Waals surface area contributed by atoms with E-state index in [1.807, 2.05) is 35.2 Å². The Morgan fingerprint density at radius 3 is 2.53 bits per heavy atom. The van der Waals surface area contributed by atoms with Crippen LogP contribution in [0.4, 0.5) is 0 Å². The third-order valence-corrected chi connectivity index (χ3v) is 6.86. The van der Waals surface area contributed by atoms with Gasteiger partial charge in [0.05, 0.1) is 19.1 Å². The SMILES string of the molecule is COc1ccc(CC(=O)N2Cc3ccccc3CC23CCCN(C(=O)CCCN)C3)cc1. The number of fused-ring (bicyclic) bond motifs is 1. The van der Waals surface area contributed by atoms with E-state index in [-0.39, 0.29) is 17.4 Å². The van der Waals surface area contributed by atoms with Crippen molar-refractivity contribution in [1.82, 2.24) is 9.80 Å². The van der Waals surface area contributed by atoms with Crippen LogP contribution in [0.5, 0.6) is 5.75 Å². The molecule has 1 atom stereocenters.